The van der Waals surface area contributed by atoms with Crippen LogP contribution in [0.1, 0.15) is 20.7 Å². The number of piperazine rings is 1. The van der Waals surface area contributed by atoms with Gasteiger partial charge in [-0.2, -0.15) is 0 Å². The zero-order chi connectivity index (χ0) is 16.9. The molecular weight excluding hydrogens is 320 g/mol. The van der Waals surface area contributed by atoms with Crippen molar-refractivity contribution in [1.29, 1.82) is 0 Å². The second-order valence-corrected chi connectivity index (χ2v) is 6.56. The molecule has 0 atom stereocenters. The lowest BCUT2D eigenvalue weighted by Crippen LogP contribution is -2.50. The van der Waals surface area contributed by atoms with Crippen LogP contribution in [0.3, 0.4) is 0 Å². The summed E-state index contributed by atoms with van der Waals surface area (Å²) in [5.74, 6) is 0.0708. The van der Waals surface area contributed by atoms with Crippen LogP contribution in [0.25, 0.3) is 0 Å². The van der Waals surface area contributed by atoms with Crippen molar-refractivity contribution in [3.05, 3.63) is 65.7 Å². The highest BCUT2D eigenvalue weighted by molar-refractivity contribution is 7.98. The molecule has 0 aromatic heterocycles. The summed E-state index contributed by atoms with van der Waals surface area (Å²) in [4.78, 5) is 29.8. The molecular formula is C19H20N2O2S. The second kappa shape index (κ2) is 7.53. The predicted octanol–water partition coefficient (Wildman–Crippen LogP) is 3.01. The number of amides is 2. The van der Waals surface area contributed by atoms with Crippen LogP contribution in [0.15, 0.2) is 59.5 Å². The fourth-order valence-corrected chi connectivity index (χ4v) is 3.20. The van der Waals surface area contributed by atoms with Crippen LogP contribution in [0.5, 0.6) is 0 Å². The number of benzene rings is 2. The van der Waals surface area contributed by atoms with Crippen molar-refractivity contribution >= 4 is 23.6 Å². The van der Waals surface area contributed by atoms with E-state index in [1.54, 1.807) is 11.8 Å². The minimum Gasteiger partial charge on any atom is -0.335 e. The second-order valence-electron chi connectivity index (χ2n) is 5.68. The highest BCUT2D eigenvalue weighted by atomic mass is 32.2. The quantitative estimate of drug-likeness (QED) is 0.807. The maximum Gasteiger partial charge on any atom is 0.253 e. The Balaban J connectivity index is 1.60. The predicted molar refractivity (Wildman–Crippen MR) is 96.5 cm³/mol. The molecule has 3 rings (SSSR count). The van der Waals surface area contributed by atoms with Crippen molar-refractivity contribution in [2.75, 3.05) is 32.4 Å². The standard InChI is InChI=1S/C19H20N2O2S/c1-24-17-9-7-16(8-10-17)19(23)21-13-11-20(12-14-21)18(22)15-5-3-2-4-6-15/h2-10H,11-14H2,1H3. The molecule has 0 bridgehead atoms. The van der Waals surface area contributed by atoms with E-state index in [0.717, 1.165) is 4.90 Å². The molecule has 5 heteroatoms. The Bertz CT molecular complexity index is 708. The summed E-state index contributed by atoms with van der Waals surface area (Å²) in [5.41, 5.74) is 1.40. The number of carbonyl (C=O) groups excluding carboxylic acids is 2. The van der Waals surface area contributed by atoms with Gasteiger partial charge in [0.05, 0.1) is 0 Å². The van der Waals surface area contributed by atoms with Crippen LogP contribution in [0.4, 0.5) is 0 Å². The van der Waals surface area contributed by atoms with E-state index in [2.05, 4.69) is 0 Å². The van der Waals surface area contributed by atoms with E-state index in [0.29, 0.717) is 37.3 Å². The van der Waals surface area contributed by atoms with Gasteiger partial charge in [-0.1, -0.05) is 18.2 Å². The number of hydrogen-bond donors (Lipinski definition) is 0. The van der Waals surface area contributed by atoms with Crippen molar-refractivity contribution < 1.29 is 9.59 Å². The van der Waals surface area contributed by atoms with Gasteiger partial charge in [-0.3, -0.25) is 9.59 Å². The maximum absolute atomic E-state index is 12.6. The Morgan fingerprint density at radius 2 is 1.21 bits per heavy atom. The van der Waals surface area contributed by atoms with Crippen LogP contribution >= 0.6 is 11.8 Å². The third-order valence-electron chi connectivity index (χ3n) is 4.21. The van der Waals surface area contributed by atoms with Gasteiger partial charge in [0.25, 0.3) is 11.8 Å². The number of carbonyl (C=O) groups is 2. The summed E-state index contributed by atoms with van der Waals surface area (Å²) >= 11 is 1.66. The number of rotatable bonds is 3. The SMILES string of the molecule is CSc1ccc(C(=O)N2CCN(C(=O)c3ccccc3)CC2)cc1. The maximum atomic E-state index is 12.6. The number of hydrogen-bond acceptors (Lipinski definition) is 3. The van der Waals surface area contributed by atoms with Gasteiger partial charge < -0.3 is 9.80 Å². The third kappa shape index (κ3) is 3.62. The molecule has 1 aliphatic heterocycles. The molecule has 2 aromatic carbocycles. The molecule has 1 saturated heterocycles. The fourth-order valence-electron chi connectivity index (χ4n) is 2.79. The molecule has 2 aromatic rings. The molecule has 24 heavy (non-hydrogen) atoms. The van der Waals surface area contributed by atoms with Crippen LogP contribution in [-0.4, -0.2) is 54.0 Å². The molecule has 1 heterocycles. The molecule has 0 spiro atoms. The first-order chi connectivity index (χ1) is 11.7. The summed E-state index contributed by atoms with van der Waals surface area (Å²) in [7, 11) is 0. The Labute approximate surface area is 146 Å². The lowest BCUT2D eigenvalue weighted by Gasteiger charge is -2.34. The van der Waals surface area contributed by atoms with Crippen molar-refractivity contribution in [1.82, 2.24) is 9.80 Å². The van der Waals surface area contributed by atoms with Gasteiger partial charge in [-0.25, -0.2) is 0 Å². The molecule has 0 aliphatic carbocycles. The normalized spacial score (nSPS) is 14.5. The zero-order valence-corrected chi connectivity index (χ0v) is 14.5. The minimum absolute atomic E-state index is 0.0343. The lowest BCUT2D eigenvalue weighted by molar-refractivity contribution is 0.0535. The van der Waals surface area contributed by atoms with Gasteiger partial charge in [0.2, 0.25) is 0 Å². The van der Waals surface area contributed by atoms with Crippen molar-refractivity contribution in [3.8, 4) is 0 Å². The molecule has 0 N–H and O–H groups in total. The third-order valence-corrected chi connectivity index (χ3v) is 4.96. The summed E-state index contributed by atoms with van der Waals surface area (Å²) in [6.07, 6.45) is 2.01. The van der Waals surface area contributed by atoms with Crippen molar-refractivity contribution in [3.63, 3.8) is 0 Å². The van der Waals surface area contributed by atoms with E-state index in [4.69, 9.17) is 0 Å². The van der Waals surface area contributed by atoms with E-state index in [-0.39, 0.29) is 11.8 Å². The molecule has 124 valence electrons. The first-order valence-electron chi connectivity index (χ1n) is 7.96. The molecule has 0 unspecified atom stereocenters. The summed E-state index contributed by atoms with van der Waals surface area (Å²) in [5, 5.41) is 0. The Morgan fingerprint density at radius 1 is 0.750 bits per heavy atom. The molecule has 1 fully saturated rings. The first kappa shape index (κ1) is 16.6. The molecule has 0 radical (unpaired) electrons. The number of nitrogens with zero attached hydrogens (tertiary/aromatic N) is 2. The van der Waals surface area contributed by atoms with E-state index in [1.807, 2.05) is 70.7 Å². The smallest absolute Gasteiger partial charge is 0.253 e. The average molecular weight is 340 g/mol. The lowest BCUT2D eigenvalue weighted by atomic mass is 10.1. The minimum atomic E-state index is 0.0343. The number of thioether (sulfide) groups is 1. The molecule has 0 saturated carbocycles. The molecule has 4 nitrogen and oxygen atoms in total. The van der Waals surface area contributed by atoms with Crippen LogP contribution < -0.4 is 0 Å². The summed E-state index contributed by atoms with van der Waals surface area (Å²) in [6, 6.07) is 17.0. The summed E-state index contributed by atoms with van der Waals surface area (Å²) < 4.78 is 0. The molecule has 2 amide bonds. The van der Waals surface area contributed by atoms with Gasteiger partial charge in [0.1, 0.15) is 0 Å². The Kier molecular flexibility index (Phi) is 5.20. The highest BCUT2D eigenvalue weighted by Gasteiger charge is 2.25. The first-order valence-corrected chi connectivity index (χ1v) is 9.19. The Morgan fingerprint density at radius 3 is 1.67 bits per heavy atom. The van der Waals surface area contributed by atoms with Gasteiger partial charge in [-0.15, -0.1) is 11.8 Å². The average Bonchev–Trinajstić information content (AvgIpc) is 2.68. The van der Waals surface area contributed by atoms with Crippen LogP contribution in [0, 0.1) is 0 Å². The van der Waals surface area contributed by atoms with E-state index >= 15 is 0 Å². The van der Waals surface area contributed by atoms with Gasteiger partial charge in [0.15, 0.2) is 0 Å². The molecule has 1 aliphatic rings. The van der Waals surface area contributed by atoms with Crippen LogP contribution in [-0.2, 0) is 0 Å². The van der Waals surface area contributed by atoms with Crippen molar-refractivity contribution in [2.45, 2.75) is 4.90 Å². The van der Waals surface area contributed by atoms with Crippen LogP contribution in [0.2, 0.25) is 0 Å². The van der Waals surface area contributed by atoms with E-state index in [9.17, 15) is 9.59 Å². The summed E-state index contributed by atoms with van der Waals surface area (Å²) in [6.45, 7) is 2.29. The van der Waals surface area contributed by atoms with E-state index in [1.165, 1.54) is 0 Å². The van der Waals surface area contributed by atoms with Gasteiger partial charge in [0, 0.05) is 42.2 Å². The van der Waals surface area contributed by atoms with Gasteiger partial charge >= 0.3 is 0 Å². The van der Waals surface area contributed by atoms with Crippen molar-refractivity contribution in [2.24, 2.45) is 0 Å². The largest absolute Gasteiger partial charge is 0.335 e. The van der Waals surface area contributed by atoms with E-state index < -0.39 is 0 Å². The van der Waals surface area contributed by atoms with Gasteiger partial charge in [-0.05, 0) is 42.7 Å². The monoisotopic (exact) mass is 340 g/mol. The zero-order valence-electron chi connectivity index (χ0n) is 13.6. The Hall–Kier alpha value is -2.27. The fraction of sp³-hybridized carbons (Fsp3) is 0.263. The topological polar surface area (TPSA) is 40.6 Å². The highest BCUT2D eigenvalue weighted by Crippen LogP contribution is 2.17.